The van der Waals surface area contributed by atoms with Crippen LogP contribution in [0, 0.1) is 11.6 Å². The van der Waals surface area contributed by atoms with Crippen molar-refractivity contribution in [2.24, 2.45) is 0 Å². The van der Waals surface area contributed by atoms with E-state index in [1.807, 2.05) is 0 Å². The third-order valence-corrected chi connectivity index (χ3v) is 5.62. The molecule has 0 saturated heterocycles. The summed E-state index contributed by atoms with van der Waals surface area (Å²) in [5.74, 6) is -3.64. The molecule has 6 rings (SSSR count). The van der Waals surface area contributed by atoms with Gasteiger partial charge < -0.3 is 4.98 Å². The summed E-state index contributed by atoms with van der Waals surface area (Å²) < 4.78 is 61.3. The van der Waals surface area contributed by atoms with Crippen LogP contribution in [-0.2, 0) is 21.1 Å². The molecule has 2 aliphatic heterocycles. The van der Waals surface area contributed by atoms with Crippen molar-refractivity contribution < 1.29 is 38.7 Å². The normalized spacial score (nSPS) is 12.4. The van der Waals surface area contributed by atoms with Gasteiger partial charge in [-0.2, -0.15) is 4.79 Å². The molecule has 4 nitrogen and oxygen atoms in total. The number of hydrogen-bond donors (Lipinski definition) is 1. The van der Waals surface area contributed by atoms with Crippen LogP contribution >= 0.6 is 0 Å². The van der Waals surface area contributed by atoms with Gasteiger partial charge in [0.2, 0.25) is 0 Å². The first-order valence-electron chi connectivity index (χ1n) is 10.4. The predicted molar refractivity (Wildman–Crippen MR) is 124 cm³/mol. The number of benzene rings is 1. The molecule has 1 N–H and O–H groups in total. The van der Waals surface area contributed by atoms with Crippen molar-refractivity contribution in [3.8, 4) is 11.1 Å². The number of rotatable bonds is 1. The molecule has 0 unspecified atom stereocenters. The fourth-order valence-corrected chi connectivity index (χ4v) is 4.09. The van der Waals surface area contributed by atoms with Crippen LogP contribution in [0.4, 0.5) is 17.7 Å². The molecule has 0 radical (unpaired) electrons. The minimum Gasteiger partial charge on any atom is -0.355 e. The minimum absolute atomic E-state index is 0. The van der Waals surface area contributed by atoms with E-state index in [0.717, 1.165) is 11.6 Å². The van der Waals surface area contributed by atoms with Crippen LogP contribution in [0.3, 0.4) is 0 Å². The summed E-state index contributed by atoms with van der Waals surface area (Å²) in [5.41, 5.74) is 0.439. The molecule has 0 amide bonds. The van der Waals surface area contributed by atoms with Gasteiger partial charge in [0.25, 0.3) is 0 Å². The second-order valence-electron chi connectivity index (χ2n) is 7.86. The topological polar surface area (TPSA) is 46.5 Å². The Bertz CT molecular complexity index is 1700. The van der Waals surface area contributed by atoms with Gasteiger partial charge in [0.1, 0.15) is 11.2 Å². The number of aromatic nitrogens is 4. The molecule has 4 aromatic rings. The van der Waals surface area contributed by atoms with Crippen LogP contribution in [0.1, 0.15) is 22.8 Å². The predicted octanol–water partition coefficient (Wildman–Crippen LogP) is 7.10. The Balaban J connectivity index is 0.00000253. The fourth-order valence-electron chi connectivity index (χ4n) is 4.09. The Morgan fingerprint density at radius 3 is 2.11 bits per heavy atom. The van der Waals surface area contributed by atoms with E-state index in [1.165, 1.54) is 12.1 Å². The van der Waals surface area contributed by atoms with Crippen LogP contribution in [0.15, 0.2) is 60.7 Å². The Morgan fingerprint density at radius 2 is 1.40 bits per heavy atom. The third kappa shape index (κ3) is 3.94. The number of halogens is 4. The summed E-state index contributed by atoms with van der Waals surface area (Å²) in [6.07, 6.45) is 4.38. The summed E-state index contributed by atoms with van der Waals surface area (Å²) in [6.45, 7) is 0. The molecule has 0 atom stereocenters. The van der Waals surface area contributed by atoms with E-state index >= 15 is 13.3 Å². The van der Waals surface area contributed by atoms with Gasteiger partial charge in [0.15, 0.2) is 17.5 Å². The zero-order valence-electron chi connectivity index (χ0n) is 17.7. The number of hydrogen-bond acceptors (Lipinski definition) is 2. The Kier molecular flexibility index (Phi) is 5.77. The number of aromatic amines is 1. The quantitative estimate of drug-likeness (QED) is 0.196. The van der Waals surface area contributed by atoms with Gasteiger partial charge in [0, 0.05) is 43.7 Å². The van der Waals surface area contributed by atoms with E-state index in [-0.39, 0.29) is 42.6 Å². The standard InChI is InChI=1S/C26H14F4N4.Pt/c27-20-12-19-11-17-7-6-15(31-17)10-16-8-9-18(32-16)13-21-22(14-4-2-1-3-5-14)23(28)26(34(21)30)24(29)25(20)33-19;/h1-13,31H;. The van der Waals surface area contributed by atoms with Gasteiger partial charge in [-0.25, -0.2) is 23.1 Å². The maximum atomic E-state index is 15.6. The summed E-state index contributed by atoms with van der Waals surface area (Å²) in [6, 6.07) is 16.3. The monoisotopic (exact) mass is 653 g/mol. The number of nitrogens with one attached hydrogen (secondary N) is 1. The second kappa shape index (κ2) is 8.78. The van der Waals surface area contributed by atoms with E-state index < -0.39 is 28.7 Å². The average molecular weight is 653 g/mol. The van der Waals surface area contributed by atoms with Crippen LogP contribution in [0.5, 0.6) is 0 Å². The fraction of sp³-hybridized carbons (Fsp3) is 0. The molecule has 2 aliphatic rings. The molecule has 8 bridgehead atoms. The molecule has 176 valence electrons. The Morgan fingerprint density at radius 1 is 0.743 bits per heavy atom. The molecular weight excluding hydrogens is 639 g/mol. The van der Waals surface area contributed by atoms with Crippen molar-refractivity contribution in [3.05, 3.63) is 95.1 Å². The number of fused-ring (bicyclic) bond motifs is 8. The van der Waals surface area contributed by atoms with Crippen molar-refractivity contribution in [3.63, 3.8) is 0 Å². The number of nitrogens with zero attached hydrogens (tertiary/aromatic N) is 3. The van der Waals surface area contributed by atoms with Gasteiger partial charge in [-0.3, -0.25) is 0 Å². The molecule has 5 heterocycles. The average Bonchev–Trinajstić information content (AvgIpc) is 3.58. The first-order valence-corrected chi connectivity index (χ1v) is 10.4. The zero-order valence-corrected chi connectivity index (χ0v) is 19.9. The number of H-pyrrole nitrogens is 1. The SMILES string of the molecule is FC1=Cc2cc3ccc(cc4nc(cc5c(-c6ccccc6)c(F)c(c(F)c1n2)n5F)C=C4)[nH]3.[Pt]. The molecule has 1 aromatic carbocycles. The third-order valence-electron chi connectivity index (χ3n) is 5.62. The molecule has 0 saturated carbocycles. The summed E-state index contributed by atoms with van der Waals surface area (Å²) in [4.78, 5) is 11.4. The summed E-state index contributed by atoms with van der Waals surface area (Å²) in [7, 11) is 0. The van der Waals surface area contributed by atoms with Crippen LogP contribution < -0.4 is 0 Å². The molecule has 9 heteroatoms. The van der Waals surface area contributed by atoms with Gasteiger partial charge >= 0.3 is 0 Å². The minimum atomic E-state index is -1.45. The first kappa shape index (κ1) is 23.0. The van der Waals surface area contributed by atoms with E-state index in [0.29, 0.717) is 22.5 Å². The van der Waals surface area contributed by atoms with Gasteiger partial charge in [-0.1, -0.05) is 34.8 Å². The first-order chi connectivity index (χ1) is 16.5. The van der Waals surface area contributed by atoms with E-state index in [1.54, 1.807) is 60.7 Å². The summed E-state index contributed by atoms with van der Waals surface area (Å²) in [5, 5.41) is 0. The van der Waals surface area contributed by atoms with Crippen molar-refractivity contribution >= 4 is 46.1 Å². The van der Waals surface area contributed by atoms with E-state index in [2.05, 4.69) is 15.0 Å². The molecular formula is C26H14F4N4Pt. The van der Waals surface area contributed by atoms with Crippen LogP contribution in [0.25, 0.3) is 57.2 Å². The van der Waals surface area contributed by atoms with Crippen molar-refractivity contribution in [2.45, 2.75) is 0 Å². The largest absolute Gasteiger partial charge is 0.355 e. The van der Waals surface area contributed by atoms with Gasteiger partial charge in [0.05, 0.1) is 22.6 Å². The molecule has 0 aliphatic carbocycles. The maximum Gasteiger partial charge on any atom is 0.181 e. The second-order valence-corrected chi connectivity index (χ2v) is 7.86. The zero-order chi connectivity index (χ0) is 23.4. The van der Waals surface area contributed by atoms with Crippen molar-refractivity contribution in [1.29, 1.82) is 0 Å². The molecule has 0 fully saturated rings. The van der Waals surface area contributed by atoms with Gasteiger partial charge in [-0.15, -0.1) is 0 Å². The molecule has 0 spiro atoms. The Hall–Kier alpha value is -3.77. The maximum absolute atomic E-state index is 15.6. The van der Waals surface area contributed by atoms with Crippen LogP contribution in [-0.4, -0.2) is 19.7 Å². The van der Waals surface area contributed by atoms with Crippen molar-refractivity contribution in [2.75, 3.05) is 0 Å². The molecule has 35 heavy (non-hydrogen) atoms. The van der Waals surface area contributed by atoms with Crippen molar-refractivity contribution in [1.82, 2.24) is 19.7 Å². The van der Waals surface area contributed by atoms with E-state index in [4.69, 9.17) is 0 Å². The van der Waals surface area contributed by atoms with E-state index in [9.17, 15) is 4.39 Å². The van der Waals surface area contributed by atoms with Gasteiger partial charge in [-0.05, 0) is 48.0 Å². The smallest absolute Gasteiger partial charge is 0.181 e. The molecule has 3 aromatic heterocycles. The summed E-state index contributed by atoms with van der Waals surface area (Å²) >= 11 is 0. The van der Waals surface area contributed by atoms with Crippen LogP contribution in [0.2, 0.25) is 0 Å². The Labute approximate surface area is 210 Å².